The summed E-state index contributed by atoms with van der Waals surface area (Å²) in [5, 5.41) is 4.03. The molecule has 120 valence electrons. The Balaban J connectivity index is 1.84. The lowest BCUT2D eigenvalue weighted by Gasteiger charge is -2.21. The van der Waals surface area contributed by atoms with Crippen molar-refractivity contribution in [2.24, 2.45) is 5.92 Å². The van der Waals surface area contributed by atoms with Crippen molar-refractivity contribution in [1.82, 2.24) is 4.98 Å². The molecule has 3 rings (SSSR count). The van der Waals surface area contributed by atoms with Gasteiger partial charge in [0.1, 0.15) is 0 Å². The van der Waals surface area contributed by atoms with Gasteiger partial charge in [-0.25, -0.2) is 0 Å². The monoisotopic (exact) mass is 316 g/mol. The number of carbonyl (C=O) groups is 1. The summed E-state index contributed by atoms with van der Waals surface area (Å²) in [6, 6.07) is 19.6. The first-order valence-electron chi connectivity index (χ1n) is 8.03. The third-order valence-corrected chi connectivity index (χ3v) is 4.28. The van der Waals surface area contributed by atoms with Crippen LogP contribution in [0.2, 0.25) is 0 Å². The van der Waals surface area contributed by atoms with Gasteiger partial charge < -0.3 is 5.32 Å². The molecule has 3 heteroatoms. The maximum absolute atomic E-state index is 12.7. The quantitative estimate of drug-likeness (QED) is 0.688. The lowest BCUT2D eigenvalue weighted by Crippen LogP contribution is -2.25. The minimum absolute atomic E-state index is 0.0332. The number of hydrogen-bond acceptors (Lipinski definition) is 2. The normalized spacial score (nSPS) is 13.2. The van der Waals surface area contributed by atoms with Crippen LogP contribution in [-0.4, -0.2) is 10.9 Å². The smallest absolute Gasteiger partial charge is 0.228 e. The Morgan fingerprint density at radius 1 is 1.08 bits per heavy atom. The summed E-state index contributed by atoms with van der Waals surface area (Å²) in [4.78, 5) is 17.1. The predicted molar refractivity (Wildman–Crippen MR) is 98.9 cm³/mol. The number of hydrogen-bond donors (Lipinski definition) is 1. The molecule has 0 spiro atoms. The van der Waals surface area contributed by atoms with Crippen LogP contribution in [0, 0.1) is 5.92 Å². The number of aromatic nitrogens is 1. The number of allylic oxidation sites excluding steroid dienone is 1. The average molecular weight is 316 g/mol. The summed E-state index contributed by atoms with van der Waals surface area (Å²) in [5.41, 5.74) is 2.63. The van der Waals surface area contributed by atoms with E-state index in [0.717, 1.165) is 22.2 Å². The van der Waals surface area contributed by atoms with Gasteiger partial charge in [-0.3, -0.25) is 9.78 Å². The molecule has 0 unspecified atom stereocenters. The van der Waals surface area contributed by atoms with Crippen molar-refractivity contribution < 1.29 is 4.79 Å². The molecule has 3 nitrogen and oxygen atoms in total. The largest absolute Gasteiger partial charge is 0.324 e. The topological polar surface area (TPSA) is 42.0 Å². The minimum Gasteiger partial charge on any atom is -0.324 e. The predicted octanol–water partition coefficient (Wildman–Crippen LogP) is 4.78. The van der Waals surface area contributed by atoms with Gasteiger partial charge in [0, 0.05) is 23.4 Å². The molecule has 3 aromatic rings. The highest BCUT2D eigenvalue weighted by molar-refractivity contribution is 6.01. The van der Waals surface area contributed by atoms with Crippen LogP contribution in [0.15, 0.2) is 79.5 Å². The van der Waals surface area contributed by atoms with Crippen LogP contribution in [-0.2, 0) is 4.79 Å². The van der Waals surface area contributed by atoms with Crippen molar-refractivity contribution in [3.05, 3.63) is 85.1 Å². The third kappa shape index (κ3) is 3.20. The van der Waals surface area contributed by atoms with E-state index in [0.29, 0.717) is 0 Å². The van der Waals surface area contributed by atoms with E-state index in [1.807, 2.05) is 73.7 Å². The lowest BCUT2D eigenvalue weighted by molar-refractivity contribution is -0.119. The van der Waals surface area contributed by atoms with Crippen LogP contribution in [0.25, 0.3) is 10.9 Å². The zero-order valence-corrected chi connectivity index (χ0v) is 13.6. The number of anilines is 1. The lowest BCUT2D eigenvalue weighted by atomic mass is 9.86. The molecule has 2 aromatic carbocycles. The second-order valence-corrected chi connectivity index (χ2v) is 5.83. The van der Waals surface area contributed by atoms with Crippen molar-refractivity contribution in [2.75, 3.05) is 5.32 Å². The Hall–Kier alpha value is -2.94. The van der Waals surface area contributed by atoms with Crippen molar-refractivity contribution in [1.29, 1.82) is 0 Å². The molecule has 0 saturated heterocycles. The van der Waals surface area contributed by atoms with Crippen molar-refractivity contribution in [3.63, 3.8) is 0 Å². The van der Waals surface area contributed by atoms with E-state index < -0.39 is 0 Å². The Labute approximate surface area is 142 Å². The Kier molecular flexibility index (Phi) is 4.71. The number of para-hydroxylation sites is 1. The SMILES string of the molecule is C=C[C@@H](c1ccccc1)[C@H](C)C(=O)Nc1cccc2cccnc12. The molecule has 1 heterocycles. The maximum atomic E-state index is 12.7. The van der Waals surface area contributed by atoms with Gasteiger partial charge in [0.15, 0.2) is 0 Å². The summed E-state index contributed by atoms with van der Waals surface area (Å²) in [6.45, 7) is 5.83. The number of pyridine rings is 1. The molecule has 0 saturated carbocycles. The first-order chi connectivity index (χ1) is 11.7. The molecular weight excluding hydrogens is 296 g/mol. The van der Waals surface area contributed by atoms with Gasteiger partial charge in [-0.05, 0) is 17.7 Å². The van der Waals surface area contributed by atoms with Crippen LogP contribution in [0.4, 0.5) is 5.69 Å². The highest BCUT2D eigenvalue weighted by atomic mass is 16.1. The number of amides is 1. The van der Waals surface area contributed by atoms with Crippen molar-refractivity contribution >= 4 is 22.5 Å². The van der Waals surface area contributed by atoms with Crippen LogP contribution in [0.1, 0.15) is 18.4 Å². The van der Waals surface area contributed by atoms with E-state index in [-0.39, 0.29) is 17.7 Å². The van der Waals surface area contributed by atoms with Crippen LogP contribution < -0.4 is 5.32 Å². The fraction of sp³-hybridized carbons (Fsp3) is 0.143. The second-order valence-electron chi connectivity index (χ2n) is 5.83. The molecule has 24 heavy (non-hydrogen) atoms. The van der Waals surface area contributed by atoms with E-state index in [1.165, 1.54) is 0 Å². The second kappa shape index (κ2) is 7.09. The maximum Gasteiger partial charge on any atom is 0.228 e. The van der Waals surface area contributed by atoms with Gasteiger partial charge in [0.2, 0.25) is 5.91 Å². The molecule has 0 aliphatic carbocycles. The number of benzene rings is 2. The van der Waals surface area contributed by atoms with Crippen molar-refractivity contribution in [3.8, 4) is 0 Å². The standard InChI is InChI=1S/C21H20N2O/c1-3-18(16-9-5-4-6-10-16)15(2)21(24)23-19-13-7-11-17-12-8-14-22-20(17)19/h3-15,18H,1H2,2H3,(H,23,24)/t15-,18+/m0/s1. The Bertz CT molecular complexity index is 853. The summed E-state index contributed by atoms with van der Waals surface area (Å²) in [7, 11) is 0. The molecule has 2 atom stereocenters. The first kappa shape index (κ1) is 15.9. The van der Waals surface area contributed by atoms with E-state index in [4.69, 9.17) is 0 Å². The van der Waals surface area contributed by atoms with Gasteiger partial charge in [-0.15, -0.1) is 6.58 Å². The van der Waals surface area contributed by atoms with Crippen molar-refractivity contribution in [2.45, 2.75) is 12.8 Å². The van der Waals surface area contributed by atoms with Crippen LogP contribution >= 0.6 is 0 Å². The molecule has 1 amide bonds. The highest BCUT2D eigenvalue weighted by Gasteiger charge is 2.23. The molecule has 1 aromatic heterocycles. The Morgan fingerprint density at radius 2 is 1.83 bits per heavy atom. The summed E-state index contributed by atoms with van der Waals surface area (Å²) >= 11 is 0. The zero-order valence-electron chi connectivity index (χ0n) is 13.6. The van der Waals surface area contributed by atoms with E-state index in [2.05, 4.69) is 16.9 Å². The summed E-state index contributed by atoms with van der Waals surface area (Å²) in [5.74, 6) is -0.306. The molecular formula is C21H20N2O. The zero-order chi connectivity index (χ0) is 16.9. The Morgan fingerprint density at radius 3 is 2.58 bits per heavy atom. The number of rotatable bonds is 5. The molecule has 1 N–H and O–H groups in total. The molecule has 0 aliphatic rings. The summed E-state index contributed by atoms with van der Waals surface area (Å²) < 4.78 is 0. The fourth-order valence-corrected chi connectivity index (χ4v) is 2.92. The number of carbonyl (C=O) groups excluding carboxylic acids is 1. The van der Waals surface area contributed by atoms with E-state index in [9.17, 15) is 4.79 Å². The number of fused-ring (bicyclic) bond motifs is 1. The van der Waals surface area contributed by atoms with Gasteiger partial charge >= 0.3 is 0 Å². The molecule has 0 radical (unpaired) electrons. The molecule has 0 aliphatic heterocycles. The number of nitrogens with zero attached hydrogens (tertiary/aromatic N) is 1. The van der Waals surface area contributed by atoms with Gasteiger partial charge in [-0.1, -0.05) is 61.5 Å². The molecule has 0 fully saturated rings. The van der Waals surface area contributed by atoms with E-state index >= 15 is 0 Å². The summed E-state index contributed by atoms with van der Waals surface area (Å²) in [6.07, 6.45) is 3.57. The van der Waals surface area contributed by atoms with Gasteiger partial charge in [-0.2, -0.15) is 0 Å². The average Bonchev–Trinajstić information content (AvgIpc) is 2.63. The van der Waals surface area contributed by atoms with Gasteiger partial charge in [0.25, 0.3) is 0 Å². The van der Waals surface area contributed by atoms with Crippen LogP contribution in [0.5, 0.6) is 0 Å². The fourth-order valence-electron chi connectivity index (χ4n) is 2.92. The first-order valence-corrected chi connectivity index (χ1v) is 8.03. The number of nitrogens with one attached hydrogen (secondary N) is 1. The highest BCUT2D eigenvalue weighted by Crippen LogP contribution is 2.28. The molecule has 0 bridgehead atoms. The minimum atomic E-state index is -0.233. The van der Waals surface area contributed by atoms with Crippen LogP contribution in [0.3, 0.4) is 0 Å². The van der Waals surface area contributed by atoms with E-state index in [1.54, 1.807) is 6.20 Å². The van der Waals surface area contributed by atoms with Gasteiger partial charge in [0.05, 0.1) is 11.2 Å². The third-order valence-electron chi connectivity index (χ3n) is 4.28.